The van der Waals surface area contributed by atoms with Gasteiger partial charge in [0.25, 0.3) is 0 Å². The van der Waals surface area contributed by atoms with E-state index in [0.717, 1.165) is 25.7 Å². The zero-order chi connectivity index (χ0) is 22.7. The van der Waals surface area contributed by atoms with Gasteiger partial charge in [0, 0.05) is 13.1 Å². The van der Waals surface area contributed by atoms with Crippen LogP contribution in [-0.4, -0.2) is 81.8 Å². The number of hydrogen-bond acceptors (Lipinski definition) is 6. The average molecular weight is 436 g/mol. The van der Waals surface area contributed by atoms with Crippen molar-refractivity contribution in [3.63, 3.8) is 0 Å². The van der Waals surface area contributed by atoms with Crippen molar-refractivity contribution < 1.29 is 24.4 Å². The van der Waals surface area contributed by atoms with Gasteiger partial charge in [-0.25, -0.2) is 0 Å². The van der Waals surface area contributed by atoms with Gasteiger partial charge in [0.15, 0.2) is 0 Å². The molecule has 3 rings (SSSR count). The van der Waals surface area contributed by atoms with Crippen LogP contribution in [0.15, 0.2) is 0 Å². The van der Waals surface area contributed by atoms with E-state index in [1.54, 1.807) is 4.90 Å². The molecule has 0 bridgehead atoms. The Kier molecular flexibility index (Phi) is 7.99. The smallest absolute Gasteiger partial charge is 0.426 e. The summed E-state index contributed by atoms with van der Waals surface area (Å²) in [6.07, 6.45) is 7.03. The summed E-state index contributed by atoms with van der Waals surface area (Å²) in [6.45, 7) is 4.62. The molecule has 0 radical (unpaired) electrons. The van der Waals surface area contributed by atoms with E-state index in [0.29, 0.717) is 32.4 Å². The predicted octanol–water partition coefficient (Wildman–Crippen LogP) is -0.361. The molecule has 2 aliphatic heterocycles. The molecular formula is C21H37BN4O5. The first-order chi connectivity index (χ1) is 14.7. The molecule has 3 amide bonds. The van der Waals surface area contributed by atoms with Gasteiger partial charge in [0.2, 0.25) is 17.7 Å². The third kappa shape index (κ3) is 5.23. The first-order valence-corrected chi connectivity index (χ1v) is 11.8. The summed E-state index contributed by atoms with van der Waals surface area (Å²) >= 11 is 0. The average Bonchev–Trinajstić information content (AvgIpc) is 3.21. The van der Waals surface area contributed by atoms with Crippen LogP contribution in [0, 0.1) is 11.8 Å². The molecule has 0 spiro atoms. The van der Waals surface area contributed by atoms with Crippen molar-refractivity contribution in [2.24, 2.45) is 17.6 Å². The van der Waals surface area contributed by atoms with Crippen LogP contribution in [0.1, 0.15) is 65.2 Å². The van der Waals surface area contributed by atoms with Crippen LogP contribution >= 0.6 is 0 Å². The van der Waals surface area contributed by atoms with E-state index < -0.39 is 31.2 Å². The molecular weight excluding hydrogens is 399 g/mol. The highest BCUT2D eigenvalue weighted by Crippen LogP contribution is 2.29. The lowest BCUT2D eigenvalue weighted by atomic mass is 9.77. The second-order valence-corrected chi connectivity index (χ2v) is 9.65. The van der Waals surface area contributed by atoms with Gasteiger partial charge in [0.05, 0.1) is 12.0 Å². The molecule has 174 valence electrons. The maximum atomic E-state index is 13.1. The molecule has 2 unspecified atom stereocenters. The largest absolute Gasteiger partial charge is 0.475 e. The lowest BCUT2D eigenvalue weighted by molar-refractivity contribution is -0.151. The molecule has 5 N–H and O–H groups in total. The highest BCUT2D eigenvalue weighted by Gasteiger charge is 2.44. The Morgan fingerprint density at radius 3 is 2.16 bits per heavy atom. The number of nitrogens with two attached hydrogens (primary N) is 1. The summed E-state index contributed by atoms with van der Waals surface area (Å²) in [5, 5.41) is 22.0. The van der Waals surface area contributed by atoms with Crippen LogP contribution in [0.5, 0.6) is 0 Å². The molecule has 3 aliphatic rings. The highest BCUT2D eigenvalue weighted by molar-refractivity contribution is 6.43. The summed E-state index contributed by atoms with van der Waals surface area (Å²) in [6, 6.07) is -1.96. The molecule has 9 nitrogen and oxygen atoms in total. The van der Waals surface area contributed by atoms with Crippen LogP contribution < -0.4 is 11.1 Å². The molecule has 1 aliphatic carbocycles. The van der Waals surface area contributed by atoms with Crippen LogP contribution in [0.3, 0.4) is 0 Å². The van der Waals surface area contributed by atoms with Crippen LogP contribution in [0.25, 0.3) is 0 Å². The summed E-state index contributed by atoms with van der Waals surface area (Å²) in [4.78, 5) is 42.0. The van der Waals surface area contributed by atoms with E-state index >= 15 is 0 Å². The van der Waals surface area contributed by atoms with Gasteiger partial charge in [-0.1, -0.05) is 33.1 Å². The second-order valence-electron chi connectivity index (χ2n) is 9.65. The predicted molar refractivity (Wildman–Crippen MR) is 116 cm³/mol. The maximum absolute atomic E-state index is 13.1. The first-order valence-electron chi connectivity index (χ1n) is 11.8. The van der Waals surface area contributed by atoms with Gasteiger partial charge >= 0.3 is 7.12 Å². The van der Waals surface area contributed by atoms with Crippen molar-refractivity contribution in [2.45, 2.75) is 89.3 Å². The molecule has 4 atom stereocenters. The minimum atomic E-state index is -1.60. The molecule has 10 heteroatoms. The highest BCUT2D eigenvalue weighted by atomic mass is 16.4. The van der Waals surface area contributed by atoms with Crippen molar-refractivity contribution in [3.05, 3.63) is 0 Å². The molecule has 31 heavy (non-hydrogen) atoms. The van der Waals surface area contributed by atoms with Crippen molar-refractivity contribution in [1.29, 1.82) is 0 Å². The SMILES string of the molecule is CC(C)C(NC(=O)[C@@H]1CCN1C(=O)C(N)C1CCCCC1)C(=O)N1CCC[C@H]1B(O)O. The number of nitrogens with zero attached hydrogens (tertiary/aromatic N) is 2. The standard InChI is InChI=1S/C21H37BN4O5/c1-13(2)18(21(29)26-11-6-9-16(26)22(30)31)24-19(27)15-10-12-25(15)20(28)17(23)14-7-4-3-5-8-14/h13-18,30-31H,3-12,23H2,1-2H3,(H,24,27)/t15-,16-,17?,18?/m0/s1. The fourth-order valence-corrected chi connectivity index (χ4v) is 5.13. The van der Waals surface area contributed by atoms with Crippen molar-refractivity contribution in [3.8, 4) is 0 Å². The Morgan fingerprint density at radius 2 is 1.61 bits per heavy atom. The topological polar surface area (TPSA) is 136 Å². The van der Waals surface area contributed by atoms with E-state index in [1.807, 2.05) is 13.8 Å². The van der Waals surface area contributed by atoms with E-state index in [4.69, 9.17) is 5.73 Å². The lowest BCUT2D eigenvalue weighted by Gasteiger charge is -2.43. The maximum Gasteiger partial charge on any atom is 0.475 e. The minimum Gasteiger partial charge on any atom is -0.426 e. The van der Waals surface area contributed by atoms with Crippen molar-refractivity contribution in [1.82, 2.24) is 15.1 Å². The molecule has 2 saturated heterocycles. The van der Waals surface area contributed by atoms with Gasteiger partial charge in [-0.3, -0.25) is 14.4 Å². The van der Waals surface area contributed by atoms with Gasteiger partial charge in [-0.2, -0.15) is 0 Å². The van der Waals surface area contributed by atoms with Gasteiger partial charge in [-0.15, -0.1) is 0 Å². The molecule has 1 saturated carbocycles. The Balaban J connectivity index is 1.61. The van der Waals surface area contributed by atoms with Gasteiger partial charge in [0.1, 0.15) is 12.1 Å². The van der Waals surface area contributed by atoms with E-state index in [9.17, 15) is 24.4 Å². The number of carbonyl (C=O) groups is 3. The summed E-state index contributed by atoms with van der Waals surface area (Å²) < 4.78 is 0. The Hall–Kier alpha value is -1.65. The third-order valence-electron chi connectivity index (χ3n) is 7.21. The van der Waals surface area contributed by atoms with Gasteiger partial charge < -0.3 is 30.9 Å². The summed E-state index contributed by atoms with van der Waals surface area (Å²) in [5.41, 5.74) is 6.26. The Labute approximate surface area is 184 Å². The third-order valence-corrected chi connectivity index (χ3v) is 7.21. The van der Waals surface area contributed by atoms with Crippen LogP contribution in [0.4, 0.5) is 0 Å². The number of carbonyl (C=O) groups excluding carboxylic acids is 3. The Morgan fingerprint density at radius 1 is 0.935 bits per heavy atom. The molecule has 2 heterocycles. The lowest BCUT2D eigenvalue weighted by Crippen LogP contribution is -2.65. The monoisotopic (exact) mass is 436 g/mol. The second kappa shape index (κ2) is 10.3. The van der Waals surface area contributed by atoms with E-state index in [1.165, 1.54) is 11.3 Å². The number of hydrogen-bond donors (Lipinski definition) is 4. The number of rotatable bonds is 7. The van der Waals surface area contributed by atoms with E-state index in [-0.39, 0.29) is 29.6 Å². The number of amides is 3. The normalized spacial score (nSPS) is 26.4. The first kappa shape index (κ1) is 24.0. The Bertz CT molecular complexity index is 670. The quantitative estimate of drug-likeness (QED) is 0.403. The molecule has 0 aromatic heterocycles. The molecule has 3 fully saturated rings. The molecule has 0 aromatic rings. The van der Waals surface area contributed by atoms with Crippen molar-refractivity contribution in [2.75, 3.05) is 13.1 Å². The number of likely N-dealkylation sites (tertiary alicyclic amines) is 2. The summed E-state index contributed by atoms with van der Waals surface area (Å²) in [7, 11) is -1.60. The zero-order valence-electron chi connectivity index (χ0n) is 18.7. The van der Waals surface area contributed by atoms with Gasteiger partial charge in [-0.05, 0) is 43.9 Å². The van der Waals surface area contributed by atoms with E-state index in [2.05, 4.69) is 5.32 Å². The van der Waals surface area contributed by atoms with Crippen LogP contribution in [-0.2, 0) is 14.4 Å². The fraction of sp³-hybridized carbons (Fsp3) is 0.857. The fourth-order valence-electron chi connectivity index (χ4n) is 5.13. The summed E-state index contributed by atoms with van der Waals surface area (Å²) in [5.74, 6) is -1.48. The van der Waals surface area contributed by atoms with Crippen molar-refractivity contribution >= 4 is 24.8 Å². The minimum absolute atomic E-state index is 0.172. The zero-order valence-corrected chi connectivity index (χ0v) is 18.7. The number of nitrogens with one attached hydrogen (secondary N) is 1. The van der Waals surface area contributed by atoms with Crippen LogP contribution in [0.2, 0.25) is 0 Å². The molecule has 0 aromatic carbocycles.